The van der Waals surface area contributed by atoms with E-state index in [1.807, 2.05) is 26.8 Å². The van der Waals surface area contributed by atoms with E-state index in [1.54, 1.807) is 12.1 Å². The van der Waals surface area contributed by atoms with Crippen molar-refractivity contribution in [1.29, 1.82) is 0 Å². The zero-order valence-electron chi connectivity index (χ0n) is 15.0. The molecule has 140 valence electrons. The Morgan fingerprint density at radius 1 is 1.31 bits per heavy atom. The third kappa shape index (κ3) is 4.47. The lowest BCUT2D eigenvalue weighted by molar-refractivity contribution is -0.139. The Labute approximate surface area is 157 Å². The molecule has 2 rings (SSSR count). The van der Waals surface area contributed by atoms with Gasteiger partial charge in [0.25, 0.3) is 0 Å². The maximum absolute atomic E-state index is 14.5. The van der Waals surface area contributed by atoms with Gasteiger partial charge < -0.3 is 14.9 Å². The molecule has 0 radical (unpaired) electrons. The molecule has 0 unspecified atom stereocenters. The third-order valence-corrected chi connectivity index (χ3v) is 4.59. The molecule has 0 aliphatic rings. The van der Waals surface area contributed by atoms with Gasteiger partial charge >= 0.3 is 5.97 Å². The highest BCUT2D eigenvalue weighted by Gasteiger charge is 2.19. The van der Waals surface area contributed by atoms with Gasteiger partial charge in [-0.1, -0.05) is 44.5 Å². The molecule has 0 atom stereocenters. The molecule has 2 N–H and O–H groups in total. The second-order valence-electron chi connectivity index (χ2n) is 6.40. The summed E-state index contributed by atoms with van der Waals surface area (Å²) in [5, 5.41) is 18.6. The zero-order chi connectivity index (χ0) is 19.4. The van der Waals surface area contributed by atoms with Crippen molar-refractivity contribution >= 4 is 17.6 Å². The van der Waals surface area contributed by atoms with Crippen molar-refractivity contribution in [3.05, 3.63) is 57.4 Å². The maximum atomic E-state index is 14.5. The predicted octanol–water partition coefficient (Wildman–Crippen LogP) is 4.92. The van der Waals surface area contributed by atoms with E-state index in [0.717, 1.165) is 16.7 Å². The van der Waals surface area contributed by atoms with Crippen LogP contribution in [0.1, 0.15) is 48.9 Å². The quantitative estimate of drug-likeness (QED) is 0.715. The van der Waals surface area contributed by atoms with Crippen LogP contribution in [0.2, 0.25) is 5.02 Å². The summed E-state index contributed by atoms with van der Waals surface area (Å²) in [4.78, 5) is 10.6. The molecule has 0 heterocycles. The molecule has 6 heteroatoms. The monoisotopic (exact) mass is 380 g/mol. The number of carboxylic acid groups (broad SMARTS) is 1. The van der Waals surface area contributed by atoms with Crippen LogP contribution in [0, 0.1) is 5.82 Å². The van der Waals surface area contributed by atoms with Gasteiger partial charge in [-0.2, -0.15) is 0 Å². The van der Waals surface area contributed by atoms with E-state index in [2.05, 4.69) is 0 Å². The smallest absolute Gasteiger partial charge is 0.341 e. The fourth-order valence-electron chi connectivity index (χ4n) is 2.82. The number of carboxylic acids is 1. The number of hydrogen-bond acceptors (Lipinski definition) is 3. The lowest BCUT2D eigenvalue weighted by atomic mass is 9.94. The van der Waals surface area contributed by atoms with Crippen LogP contribution in [-0.2, 0) is 17.6 Å². The molecule has 0 fully saturated rings. The molecule has 0 amide bonds. The average Bonchev–Trinajstić information content (AvgIpc) is 2.59. The molecular formula is C20H22ClFO4. The first kappa shape index (κ1) is 20.0. The molecule has 2 aromatic carbocycles. The Morgan fingerprint density at radius 2 is 2.00 bits per heavy atom. The van der Waals surface area contributed by atoms with E-state index >= 15 is 0 Å². The van der Waals surface area contributed by atoms with Crippen LogP contribution >= 0.6 is 11.6 Å². The molecule has 26 heavy (non-hydrogen) atoms. The van der Waals surface area contributed by atoms with Crippen LogP contribution in [0.15, 0.2) is 24.3 Å². The van der Waals surface area contributed by atoms with Gasteiger partial charge in [0.05, 0.1) is 5.02 Å². The van der Waals surface area contributed by atoms with Crippen LogP contribution in [0.5, 0.6) is 11.5 Å². The number of hydrogen-bond donors (Lipinski definition) is 2. The standard InChI is InChI=1S/C20H22ClFO4/c1-4-13-9-17(26-10-18(24)25)20(22)19(21)15(13)8-12-5-6-16(23)14(7-12)11(2)3/h5-7,9,11,23H,4,8,10H2,1-3H3,(H,24,25). The van der Waals surface area contributed by atoms with Gasteiger partial charge in [-0.05, 0) is 53.1 Å². The lowest BCUT2D eigenvalue weighted by Gasteiger charge is -2.16. The van der Waals surface area contributed by atoms with Crippen molar-refractivity contribution in [2.45, 2.75) is 39.5 Å². The SMILES string of the molecule is CCc1cc(OCC(=O)O)c(F)c(Cl)c1Cc1ccc(O)c(C(C)C)c1. The summed E-state index contributed by atoms with van der Waals surface area (Å²) in [5.41, 5.74) is 3.14. The largest absolute Gasteiger partial charge is 0.508 e. The van der Waals surface area contributed by atoms with Crippen molar-refractivity contribution in [3.63, 3.8) is 0 Å². The molecule has 0 bridgehead atoms. The number of ether oxygens (including phenoxy) is 1. The number of phenolic OH excluding ortho intramolecular Hbond substituents is 1. The normalized spacial score (nSPS) is 11.0. The van der Waals surface area contributed by atoms with Crippen LogP contribution in [-0.4, -0.2) is 22.8 Å². The Morgan fingerprint density at radius 3 is 2.58 bits per heavy atom. The fourth-order valence-corrected chi connectivity index (χ4v) is 3.10. The van der Waals surface area contributed by atoms with Crippen LogP contribution in [0.4, 0.5) is 4.39 Å². The molecule has 0 aromatic heterocycles. The molecule has 0 aliphatic carbocycles. The topological polar surface area (TPSA) is 66.8 Å². The Balaban J connectivity index is 2.42. The van der Waals surface area contributed by atoms with Crippen molar-refractivity contribution in [1.82, 2.24) is 0 Å². The minimum Gasteiger partial charge on any atom is -0.508 e. The molecule has 0 spiro atoms. The van der Waals surface area contributed by atoms with Crippen molar-refractivity contribution in [2.75, 3.05) is 6.61 Å². The van der Waals surface area contributed by atoms with E-state index < -0.39 is 18.4 Å². The third-order valence-electron chi connectivity index (χ3n) is 4.19. The number of benzene rings is 2. The molecule has 0 saturated carbocycles. The van der Waals surface area contributed by atoms with Gasteiger partial charge in [-0.25, -0.2) is 9.18 Å². The molecule has 0 saturated heterocycles. The van der Waals surface area contributed by atoms with Gasteiger partial charge in [0.2, 0.25) is 0 Å². The number of aromatic hydroxyl groups is 1. The van der Waals surface area contributed by atoms with Crippen LogP contribution < -0.4 is 4.74 Å². The second-order valence-corrected chi connectivity index (χ2v) is 6.78. The number of aryl methyl sites for hydroxylation is 1. The minimum atomic E-state index is -1.19. The van der Waals surface area contributed by atoms with Crippen LogP contribution in [0.25, 0.3) is 0 Å². The van der Waals surface area contributed by atoms with Gasteiger partial charge in [-0.3, -0.25) is 0 Å². The highest BCUT2D eigenvalue weighted by molar-refractivity contribution is 6.31. The Bertz CT molecular complexity index is 818. The first-order chi connectivity index (χ1) is 12.2. The number of aliphatic carboxylic acids is 1. The second kappa shape index (κ2) is 8.41. The first-order valence-electron chi connectivity index (χ1n) is 8.40. The van der Waals surface area contributed by atoms with Crippen molar-refractivity contribution in [3.8, 4) is 11.5 Å². The maximum Gasteiger partial charge on any atom is 0.341 e. The summed E-state index contributed by atoms with van der Waals surface area (Å²) in [6.07, 6.45) is 0.992. The molecule has 0 aliphatic heterocycles. The van der Waals surface area contributed by atoms with Gasteiger partial charge in [0.1, 0.15) is 5.75 Å². The van der Waals surface area contributed by atoms with Gasteiger partial charge in [0, 0.05) is 0 Å². The van der Waals surface area contributed by atoms with Gasteiger partial charge in [0.15, 0.2) is 18.2 Å². The molecular weight excluding hydrogens is 359 g/mol. The van der Waals surface area contributed by atoms with Crippen molar-refractivity contribution < 1.29 is 24.1 Å². The van der Waals surface area contributed by atoms with E-state index in [9.17, 15) is 14.3 Å². The summed E-state index contributed by atoms with van der Waals surface area (Å²) in [5.74, 6) is -1.73. The van der Waals surface area contributed by atoms with E-state index in [-0.39, 0.29) is 22.4 Å². The Kier molecular flexibility index (Phi) is 6.48. The average molecular weight is 381 g/mol. The minimum absolute atomic E-state index is 0.0658. The highest BCUT2D eigenvalue weighted by Crippen LogP contribution is 2.34. The predicted molar refractivity (Wildman–Crippen MR) is 98.9 cm³/mol. The molecule has 4 nitrogen and oxygen atoms in total. The fraction of sp³-hybridized carbons (Fsp3) is 0.350. The summed E-state index contributed by atoms with van der Waals surface area (Å²) in [6.45, 7) is 5.24. The number of rotatable bonds is 7. The highest BCUT2D eigenvalue weighted by atomic mass is 35.5. The van der Waals surface area contributed by atoms with Crippen molar-refractivity contribution in [2.24, 2.45) is 0 Å². The molecule has 2 aromatic rings. The lowest BCUT2D eigenvalue weighted by Crippen LogP contribution is -2.11. The summed E-state index contributed by atoms with van der Waals surface area (Å²) in [6, 6.07) is 6.81. The Hall–Kier alpha value is -2.27. The zero-order valence-corrected chi connectivity index (χ0v) is 15.7. The van der Waals surface area contributed by atoms with E-state index in [1.165, 1.54) is 6.07 Å². The van der Waals surface area contributed by atoms with E-state index in [4.69, 9.17) is 21.4 Å². The van der Waals surface area contributed by atoms with Gasteiger partial charge in [-0.15, -0.1) is 0 Å². The summed E-state index contributed by atoms with van der Waals surface area (Å²) in [7, 11) is 0. The number of carbonyl (C=O) groups is 1. The van der Waals surface area contributed by atoms with Crippen LogP contribution in [0.3, 0.4) is 0 Å². The number of halogens is 2. The summed E-state index contributed by atoms with van der Waals surface area (Å²) >= 11 is 6.23. The summed E-state index contributed by atoms with van der Waals surface area (Å²) < 4.78 is 19.5. The number of phenols is 1. The van der Waals surface area contributed by atoms with E-state index in [0.29, 0.717) is 18.4 Å². The first-order valence-corrected chi connectivity index (χ1v) is 8.78.